The second-order valence-corrected chi connectivity index (χ2v) is 5.45. The number of ether oxygens (including phenoxy) is 1. The maximum atomic E-state index is 11.6. The largest absolute Gasteiger partial charge is 0.444 e. The summed E-state index contributed by atoms with van der Waals surface area (Å²) < 4.78 is 5.24. The Balaban J connectivity index is 2.47. The molecule has 0 spiro atoms. The lowest BCUT2D eigenvalue weighted by Crippen LogP contribution is -2.33. The van der Waals surface area contributed by atoms with Crippen LogP contribution in [0.1, 0.15) is 25.6 Å². The number of amides is 1. The molecular formula is C11H17NO2S. The van der Waals surface area contributed by atoms with Crippen molar-refractivity contribution in [2.24, 2.45) is 0 Å². The smallest absolute Gasteiger partial charge is 0.410 e. The van der Waals surface area contributed by atoms with E-state index in [1.54, 1.807) is 23.3 Å². The molecule has 0 bridgehead atoms. The summed E-state index contributed by atoms with van der Waals surface area (Å²) in [5, 5.41) is 2.00. The van der Waals surface area contributed by atoms with Crippen LogP contribution in [-0.2, 0) is 11.3 Å². The normalized spacial score (nSPS) is 11.2. The standard InChI is InChI=1S/C11H17NO2S/c1-11(2,3)14-10(13)12(4)8-9-6-5-7-15-9/h5-7H,8H2,1-4H3. The molecule has 4 heteroatoms. The topological polar surface area (TPSA) is 29.5 Å². The SMILES string of the molecule is CN(Cc1cccs1)C(=O)OC(C)(C)C. The van der Waals surface area contributed by atoms with Gasteiger partial charge in [-0.2, -0.15) is 0 Å². The number of nitrogens with zero attached hydrogens (tertiary/aromatic N) is 1. The van der Waals surface area contributed by atoms with Crippen molar-refractivity contribution in [2.45, 2.75) is 32.9 Å². The lowest BCUT2D eigenvalue weighted by Gasteiger charge is -2.24. The van der Waals surface area contributed by atoms with Gasteiger partial charge in [0.05, 0.1) is 6.54 Å². The van der Waals surface area contributed by atoms with Crippen LogP contribution in [0.5, 0.6) is 0 Å². The van der Waals surface area contributed by atoms with Crippen LogP contribution >= 0.6 is 11.3 Å². The summed E-state index contributed by atoms with van der Waals surface area (Å²) in [6.45, 7) is 6.20. The van der Waals surface area contributed by atoms with E-state index in [4.69, 9.17) is 4.74 Å². The van der Waals surface area contributed by atoms with Gasteiger partial charge < -0.3 is 9.64 Å². The molecule has 0 aromatic carbocycles. The van der Waals surface area contributed by atoms with Gasteiger partial charge in [0.2, 0.25) is 0 Å². The van der Waals surface area contributed by atoms with E-state index in [-0.39, 0.29) is 6.09 Å². The van der Waals surface area contributed by atoms with Crippen LogP contribution in [0.2, 0.25) is 0 Å². The number of hydrogen-bond acceptors (Lipinski definition) is 3. The quantitative estimate of drug-likeness (QED) is 0.777. The molecule has 1 aromatic rings. The van der Waals surface area contributed by atoms with Crippen molar-refractivity contribution in [2.75, 3.05) is 7.05 Å². The zero-order valence-corrected chi connectivity index (χ0v) is 10.4. The van der Waals surface area contributed by atoms with E-state index >= 15 is 0 Å². The fourth-order valence-electron chi connectivity index (χ4n) is 1.04. The Kier molecular flexibility index (Phi) is 3.74. The van der Waals surface area contributed by atoms with Crippen LogP contribution in [0.3, 0.4) is 0 Å². The molecular weight excluding hydrogens is 210 g/mol. The van der Waals surface area contributed by atoms with E-state index in [0.29, 0.717) is 6.54 Å². The maximum Gasteiger partial charge on any atom is 0.410 e. The maximum absolute atomic E-state index is 11.6. The predicted octanol–water partition coefficient (Wildman–Crippen LogP) is 3.12. The van der Waals surface area contributed by atoms with Crippen LogP contribution in [0.4, 0.5) is 4.79 Å². The first kappa shape index (κ1) is 12.0. The molecule has 15 heavy (non-hydrogen) atoms. The van der Waals surface area contributed by atoms with E-state index in [2.05, 4.69) is 0 Å². The first-order valence-electron chi connectivity index (χ1n) is 4.85. The molecule has 0 unspecified atom stereocenters. The molecule has 1 aromatic heterocycles. The van der Waals surface area contributed by atoms with Crippen molar-refractivity contribution in [1.82, 2.24) is 4.90 Å². The van der Waals surface area contributed by atoms with Crippen LogP contribution in [0.25, 0.3) is 0 Å². The van der Waals surface area contributed by atoms with Crippen LogP contribution in [0.15, 0.2) is 17.5 Å². The molecule has 1 heterocycles. The lowest BCUT2D eigenvalue weighted by atomic mass is 10.2. The third-order valence-electron chi connectivity index (χ3n) is 1.68. The molecule has 1 rings (SSSR count). The van der Waals surface area contributed by atoms with Gasteiger partial charge in [-0.25, -0.2) is 4.79 Å². The molecule has 0 atom stereocenters. The second kappa shape index (κ2) is 4.66. The zero-order chi connectivity index (χ0) is 11.5. The van der Waals surface area contributed by atoms with E-state index in [1.165, 1.54) is 0 Å². The van der Waals surface area contributed by atoms with E-state index in [0.717, 1.165) is 4.88 Å². The zero-order valence-electron chi connectivity index (χ0n) is 9.61. The molecule has 84 valence electrons. The van der Waals surface area contributed by atoms with Gasteiger partial charge in [0.1, 0.15) is 5.60 Å². The Morgan fingerprint density at radius 3 is 2.67 bits per heavy atom. The van der Waals surface area contributed by atoms with Gasteiger partial charge >= 0.3 is 6.09 Å². The number of rotatable bonds is 2. The van der Waals surface area contributed by atoms with E-state index < -0.39 is 5.60 Å². The fraction of sp³-hybridized carbons (Fsp3) is 0.545. The van der Waals surface area contributed by atoms with Gasteiger partial charge in [0, 0.05) is 11.9 Å². The van der Waals surface area contributed by atoms with E-state index in [1.807, 2.05) is 38.3 Å². The van der Waals surface area contributed by atoms with Crippen LogP contribution < -0.4 is 0 Å². The van der Waals surface area contributed by atoms with Crippen molar-refractivity contribution in [3.63, 3.8) is 0 Å². The Labute approximate surface area is 94.7 Å². The lowest BCUT2D eigenvalue weighted by molar-refractivity contribution is 0.0287. The van der Waals surface area contributed by atoms with Gasteiger partial charge in [-0.05, 0) is 32.2 Å². The van der Waals surface area contributed by atoms with Gasteiger partial charge in [0.15, 0.2) is 0 Å². The molecule has 3 nitrogen and oxygen atoms in total. The monoisotopic (exact) mass is 227 g/mol. The Morgan fingerprint density at radius 1 is 1.53 bits per heavy atom. The average Bonchev–Trinajstić information content (AvgIpc) is 2.53. The van der Waals surface area contributed by atoms with Gasteiger partial charge in [-0.15, -0.1) is 11.3 Å². The highest BCUT2D eigenvalue weighted by molar-refractivity contribution is 7.09. The number of hydrogen-bond donors (Lipinski definition) is 0. The highest BCUT2D eigenvalue weighted by Gasteiger charge is 2.19. The minimum Gasteiger partial charge on any atom is -0.444 e. The predicted molar refractivity (Wildman–Crippen MR) is 62.0 cm³/mol. The molecule has 1 amide bonds. The molecule has 0 fully saturated rings. The number of carbonyl (C=O) groups is 1. The fourth-order valence-corrected chi connectivity index (χ4v) is 1.80. The minimum atomic E-state index is -0.430. The Hall–Kier alpha value is -1.03. The van der Waals surface area contributed by atoms with Crippen molar-refractivity contribution in [3.8, 4) is 0 Å². The van der Waals surface area contributed by atoms with E-state index in [9.17, 15) is 4.79 Å². The summed E-state index contributed by atoms with van der Waals surface area (Å²) in [5.74, 6) is 0. The molecule has 0 aliphatic rings. The molecule has 0 saturated heterocycles. The Morgan fingerprint density at radius 2 is 2.20 bits per heavy atom. The summed E-state index contributed by atoms with van der Waals surface area (Å²) >= 11 is 1.64. The average molecular weight is 227 g/mol. The van der Waals surface area contributed by atoms with Crippen molar-refractivity contribution in [1.29, 1.82) is 0 Å². The van der Waals surface area contributed by atoms with Gasteiger partial charge in [0.25, 0.3) is 0 Å². The first-order chi connectivity index (χ1) is 6.88. The molecule has 0 aliphatic carbocycles. The van der Waals surface area contributed by atoms with Crippen molar-refractivity contribution >= 4 is 17.4 Å². The van der Waals surface area contributed by atoms with Crippen molar-refractivity contribution < 1.29 is 9.53 Å². The Bertz CT molecular complexity index is 314. The highest BCUT2D eigenvalue weighted by Crippen LogP contribution is 2.14. The number of thiophene rings is 1. The van der Waals surface area contributed by atoms with Gasteiger partial charge in [-0.3, -0.25) is 0 Å². The molecule has 0 radical (unpaired) electrons. The van der Waals surface area contributed by atoms with Gasteiger partial charge in [-0.1, -0.05) is 6.07 Å². The third-order valence-corrected chi connectivity index (χ3v) is 2.54. The summed E-state index contributed by atoms with van der Waals surface area (Å²) in [5.41, 5.74) is -0.430. The minimum absolute atomic E-state index is 0.282. The molecule has 0 aliphatic heterocycles. The number of carbonyl (C=O) groups excluding carboxylic acids is 1. The van der Waals surface area contributed by atoms with Crippen LogP contribution in [0, 0.1) is 0 Å². The second-order valence-electron chi connectivity index (χ2n) is 4.42. The molecule has 0 saturated carbocycles. The summed E-state index contributed by atoms with van der Waals surface area (Å²) in [6.07, 6.45) is -0.282. The molecule has 0 N–H and O–H groups in total. The summed E-state index contributed by atoms with van der Waals surface area (Å²) in [7, 11) is 1.74. The van der Waals surface area contributed by atoms with Crippen molar-refractivity contribution in [3.05, 3.63) is 22.4 Å². The van der Waals surface area contributed by atoms with Crippen LogP contribution in [-0.4, -0.2) is 23.6 Å². The third kappa shape index (κ3) is 4.34. The highest BCUT2D eigenvalue weighted by atomic mass is 32.1. The summed E-state index contributed by atoms with van der Waals surface area (Å²) in [6, 6.07) is 3.98. The summed E-state index contributed by atoms with van der Waals surface area (Å²) in [4.78, 5) is 14.3. The first-order valence-corrected chi connectivity index (χ1v) is 5.73.